The van der Waals surface area contributed by atoms with Gasteiger partial charge in [-0.3, -0.25) is 4.57 Å². The maximum Gasteiger partial charge on any atom is 0.348 e. The summed E-state index contributed by atoms with van der Waals surface area (Å²) in [6.07, 6.45) is 2.19. The van der Waals surface area contributed by atoms with E-state index in [1.54, 1.807) is 11.7 Å². The molecule has 1 aromatic heterocycles. The molecule has 1 aliphatic rings. The third-order valence-corrected chi connectivity index (χ3v) is 4.67. The molecular weight excluding hydrogens is 372 g/mol. The lowest BCUT2D eigenvalue weighted by molar-refractivity contribution is 0.414. The number of methoxy groups -OCH3 is 1. The highest BCUT2D eigenvalue weighted by molar-refractivity contribution is 6.31. The molecule has 0 amide bonds. The Hall–Kier alpha value is -2.33. The molecule has 4 rings (SSSR count). The van der Waals surface area contributed by atoms with Crippen molar-refractivity contribution in [3.05, 3.63) is 69.2 Å². The van der Waals surface area contributed by atoms with Crippen LogP contribution in [0.2, 0.25) is 5.02 Å². The first-order chi connectivity index (χ1) is 13.7. The normalized spacial score (nSPS) is 12.5. The molecule has 0 radical (unpaired) electrons. The fourth-order valence-electron chi connectivity index (χ4n) is 3.01. The van der Waals surface area contributed by atoms with Crippen LogP contribution in [0.25, 0.3) is 10.9 Å². The van der Waals surface area contributed by atoms with Crippen molar-refractivity contribution < 1.29 is 4.74 Å². The van der Waals surface area contributed by atoms with Crippen molar-refractivity contribution in [1.82, 2.24) is 9.55 Å². The topological polar surface area (TPSA) is 44.1 Å². The number of aromatic nitrogens is 2. The van der Waals surface area contributed by atoms with Gasteiger partial charge in [0.1, 0.15) is 5.75 Å². The number of ether oxygens (including phenoxy) is 1. The number of nitrogens with zero attached hydrogens (tertiary/aromatic N) is 2. The largest absolute Gasteiger partial charge is 0.497 e. The molecular formula is C23H29ClN2O2. The van der Waals surface area contributed by atoms with Crippen LogP contribution in [0.1, 0.15) is 57.7 Å². The molecule has 0 saturated heterocycles. The molecule has 2 aromatic carbocycles. The van der Waals surface area contributed by atoms with Gasteiger partial charge < -0.3 is 4.74 Å². The van der Waals surface area contributed by atoms with Gasteiger partial charge in [0.05, 0.1) is 24.9 Å². The van der Waals surface area contributed by atoms with Crippen molar-refractivity contribution >= 4 is 22.5 Å². The molecule has 150 valence electrons. The van der Waals surface area contributed by atoms with Crippen molar-refractivity contribution in [3.63, 3.8) is 0 Å². The summed E-state index contributed by atoms with van der Waals surface area (Å²) in [5.41, 5.74) is 2.60. The zero-order valence-corrected chi connectivity index (χ0v) is 18.1. The minimum atomic E-state index is -0.206. The van der Waals surface area contributed by atoms with Crippen molar-refractivity contribution in [1.29, 1.82) is 0 Å². The van der Waals surface area contributed by atoms with Crippen LogP contribution in [0, 0.1) is 0 Å². The van der Waals surface area contributed by atoms with Gasteiger partial charge in [0, 0.05) is 16.3 Å². The van der Waals surface area contributed by atoms with Gasteiger partial charge in [0.25, 0.3) is 0 Å². The van der Waals surface area contributed by atoms with Crippen LogP contribution in [0.3, 0.4) is 0 Å². The van der Waals surface area contributed by atoms with Crippen LogP contribution in [0.5, 0.6) is 5.75 Å². The Kier molecular flexibility index (Phi) is 8.06. The highest BCUT2D eigenvalue weighted by Gasteiger charge is 2.28. The molecule has 0 bridgehead atoms. The van der Waals surface area contributed by atoms with E-state index in [2.05, 4.69) is 4.98 Å². The number of benzene rings is 2. The highest BCUT2D eigenvalue weighted by Crippen LogP contribution is 2.41. The second kappa shape index (κ2) is 10.3. The molecule has 28 heavy (non-hydrogen) atoms. The summed E-state index contributed by atoms with van der Waals surface area (Å²) in [4.78, 5) is 17.0. The summed E-state index contributed by atoms with van der Waals surface area (Å²) in [6.45, 7) is 8.47. The van der Waals surface area contributed by atoms with Gasteiger partial charge in [-0.15, -0.1) is 0 Å². The second-order valence-corrected chi connectivity index (χ2v) is 6.59. The minimum Gasteiger partial charge on any atom is -0.497 e. The number of fused-ring (bicyclic) bond motifs is 1. The van der Waals surface area contributed by atoms with Gasteiger partial charge in [-0.05, 0) is 48.7 Å². The molecule has 3 aromatic rings. The summed E-state index contributed by atoms with van der Waals surface area (Å²) in [7, 11) is 1.64. The average molecular weight is 401 g/mol. The van der Waals surface area contributed by atoms with E-state index in [9.17, 15) is 4.79 Å². The Labute approximate surface area is 172 Å². The van der Waals surface area contributed by atoms with E-state index >= 15 is 0 Å². The third-order valence-electron chi connectivity index (χ3n) is 4.44. The van der Waals surface area contributed by atoms with Gasteiger partial charge in [0.2, 0.25) is 0 Å². The van der Waals surface area contributed by atoms with Crippen molar-refractivity contribution in [2.24, 2.45) is 0 Å². The molecule has 0 spiro atoms. The Morgan fingerprint density at radius 3 is 2.29 bits per heavy atom. The smallest absolute Gasteiger partial charge is 0.348 e. The first-order valence-corrected chi connectivity index (χ1v) is 10.4. The van der Waals surface area contributed by atoms with E-state index in [-0.39, 0.29) is 5.69 Å². The van der Waals surface area contributed by atoms with Crippen molar-refractivity contribution in [3.8, 4) is 5.75 Å². The monoisotopic (exact) mass is 400 g/mol. The average Bonchev–Trinajstić information content (AvgIpc) is 3.58. The standard InChI is InChI=1S/C19H17ClN2O2.2C2H6/c1-24-15-7-2-12(3-8-15)11-22-17-9-6-14(20)10-16(17)18(13-4-5-13)21-19(22)23;2*1-2/h2-3,6-10,13H,4-5,11H2,1H3;2*1-2H3. The number of rotatable bonds is 4. The lowest BCUT2D eigenvalue weighted by Crippen LogP contribution is -2.25. The number of hydrogen-bond donors (Lipinski definition) is 0. The first-order valence-electron chi connectivity index (χ1n) is 9.98. The van der Waals surface area contributed by atoms with Gasteiger partial charge in [-0.1, -0.05) is 51.4 Å². The molecule has 5 heteroatoms. The molecule has 0 atom stereocenters. The molecule has 1 saturated carbocycles. The SMILES string of the molecule is CC.CC.COc1ccc(Cn2c(=O)nc(C3CC3)c3cc(Cl)ccc32)cc1. The molecule has 0 N–H and O–H groups in total. The van der Waals surface area contributed by atoms with Crippen LogP contribution in [0.4, 0.5) is 0 Å². The summed E-state index contributed by atoms with van der Waals surface area (Å²) in [5, 5.41) is 1.65. The fourth-order valence-corrected chi connectivity index (χ4v) is 3.18. The maximum atomic E-state index is 12.6. The van der Waals surface area contributed by atoms with Crippen LogP contribution >= 0.6 is 11.6 Å². The quantitative estimate of drug-likeness (QED) is 0.536. The second-order valence-electron chi connectivity index (χ2n) is 6.15. The summed E-state index contributed by atoms with van der Waals surface area (Å²) in [6, 6.07) is 13.4. The lowest BCUT2D eigenvalue weighted by Gasteiger charge is -2.13. The minimum absolute atomic E-state index is 0.206. The van der Waals surface area contributed by atoms with Gasteiger partial charge in [-0.25, -0.2) is 4.79 Å². The third kappa shape index (κ3) is 4.93. The van der Waals surface area contributed by atoms with Gasteiger partial charge in [0.15, 0.2) is 0 Å². The van der Waals surface area contributed by atoms with E-state index in [0.29, 0.717) is 17.5 Å². The maximum absolute atomic E-state index is 12.6. The molecule has 1 aliphatic carbocycles. The summed E-state index contributed by atoms with van der Waals surface area (Å²) >= 11 is 6.17. The van der Waals surface area contributed by atoms with Crippen LogP contribution in [-0.2, 0) is 6.54 Å². The highest BCUT2D eigenvalue weighted by atomic mass is 35.5. The van der Waals surface area contributed by atoms with E-state index in [4.69, 9.17) is 16.3 Å². The number of halogens is 1. The Morgan fingerprint density at radius 2 is 1.71 bits per heavy atom. The van der Waals surface area contributed by atoms with E-state index in [1.807, 2.05) is 70.2 Å². The van der Waals surface area contributed by atoms with Crippen LogP contribution in [0.15, 0.2) is 47.3 Å². The zero-order chi connectivity index (χ0) is 20.7. The van der Waals surface area contributed by atoms with E-state index in [1.165, 1.54) is 0 Å². The molecule has 1 heterocycles. The molecule has 4 nitrogen and oxygen atoms in total. The molecule has 1 fully saturated rings. The number of hydrogen-bond acceptors (Lipinski definition) is 3. The Bertz CT molecular complexity index is 961. The van der Waals surface area contributed by atoms with Crippen LogP contribution in [-0.4, -0.2) is 16.7 Å². The molecule has 0 aliphatic heterocycles. The first kappa shape index (κ1) is 22.0. The predicted molar refractivity (Wildman–Crippen MR) is 118 cm³/mol. The zero-order valence-electron chi connectivity index (χ0n) is 17.3. The van der Waals surface area contributed by atoms with Gasteiger partial charge >= 0.3 is 5.69 Å². The Morgan fingerprint density at radius 1 is 1.07 bits per heavy atom. The fraction of sp³-hybridized carbons (Fsp3) is 0.391. The Balaban J connectivity index is 0.000000660. The van der Waals surface area contributed by atoms with Crippen LogP contribution < -0.4 is 10.4 Å². The van der Waals surface area contributed by atoms with Crippen molar-refractivity contribution in [2.45, 2.75) is 53.0 Å². The summed E-state index contributed by atoms with van der Waals surface area (Å²) < 4.78 is 6.89. The molecule has 0 unspecified atom stereocenters. The van der Waals surface area contributed by atoms with Crippen molar-refractivity contribution in [2.75, 3.05) is 7.11 Å². The van der Waals surface area contributed by atoms with E-state index < -0.39 is 0 Å². The summed E-state index contributed by atoms with van der Waals surface area (Å²) in [5.74, 6) is 1.19. The van der Waals surface area contributed by atoms with Gasteiger partial charge in [-0.2, -0.15) is 4.98 Å². The predicted octanol–water partition coefficient (Wildman–Crippen LogP) is 6.04. The lowest BCUT2D eigenvalue weighted by atomic mass is 10.1. The van der Waals surface area contributed by atoms with E-state index in [0.717, 1.165) is 40.8 Å².